The Balaban J connectivity index is 1.95. The number of rotatable bonds is 7. The largest absolute Gasteiger partial charge is 0.496 e. The minimum absolute atomic E-state index is 0.397. The molecular weight excluding hydrogens is 438 g/mol. The molecule has 0 saturated carbocycles. The zero-order valence-corrected chi connectivity index (χ0v) is 19.4. The molecule has 0 bridgehead atoms. The minimum Gasteiger partial charge on any atom is -0.496 e. The number of carboxylic acids is 1. The summed E-state index contributed by atoms with van der Waals surface area (Å²) < 4.78 is 5.45. The molecule has 0 saturated heterocycles. The third-order valence-electron chi connectivity index (χ3n) is 5.68. The fraction of sp³-hybridized carbons (Fsp3) is 0.280. The van der Waals surface area contributed by atoms with Gasteiger partial charge in [-0.15, -0.1) is 0 Å². The van der Waals surface area contributed by atoms with E-state index in [1.54, 1.807) is 12.1 Å². The van der Waals surface area contributed by atoms with Crippen molar-refractivity contribution < 1.29 is 29.0 Å². The summed E-state index contributed by atoms with van der Waals surface area (Å²) >= 11 is 0. The monoisotopic (exact) mass is 465 g/mol. The smallest absolute Gasteiger partial charge is 0.316 e. The van der Waals surface area contributed by atoms with E-state index < -0.39 is 42.2 Å². The molecular formula is C25H27N3O6. The van der Waals surface area contributed by atoms with E-state index in [9.17, 15) is 24.3 Å². The van der Waals surface area contributed by atoms with Gasteiger partial charge >= 0.3 is 12.0 Å². The number of hydrogen-bond donors (Lipinski definition) is 3. The van der Waals surface area contributed by atoms with Crippen LogP contribution >= 0.6 is 0 Å². The van der Waals surface area contributed by atoms with Gasteiger partial charge in [0.2, 0.25) is 0 Å². The van der Waals surface area contributed by atoms with Crippen molar-refractivity contribution >= 4 is 23.7 Å². The lowest BCUT2D eigenvalue weighted by molar-refractivity contribution is -0.138. The Kier molecular flexibility index (Phi) is 7.35. The average Bonchev–Trinajstić information content (AvgIpc) is 2.78. The van der Waals surface area contributed by atoms with Crippen molar-refractivity contribution in [2.45, 2.75) is 32.4 Å². The van der Waals surface area contributed by atoms with Crippen molar-refractivity contribution in [1.29, 1.82) is 0 Å². The number of carboxylic acid groups (broad SMARTS) is 1. The van der Waals surface area contributed by atoms with E-state index in [0.717, 1.165) is 22.3 Å². The zero-order chi connectivity index (χ0) is 25.0. The number of hydrogen-bond acceptors (Lipinski definition) is 5. The summed E-state index contributed by atoms with van der Waals surface area (Å²) in [5.74, 6) is -1.90. The van der Waals surface area contributed by atoms with E-state index in [-0.39, 0.29) is 0 Å². The number of ketones is 1. The highest BCUT2D eigenvalue weighted by atomic mass is 16.5. The molecule has 3 rings (SSSR count). The molecule has 9 heteroatoms. The summed E-state index contributed by atoms with van der Waals surface area (Å²) in [7, 11) is 2.92. The highest BCUT2D eigenvalue weighted by Crippen LogP contribution is 2.35. The lowest BCUT2D eigenvalue weighted by Crippen LogP contribution is -2.55. The summed E-state index contributed by atoms with van der Waals surface area (Å²) in [6, 6.07) is 8.08. The van der Waals surface area contributed by atoms with Gasteiger partial charge in [-0.05, 0) is 48.2 Å². The zero-order valence-electron chi connectivity index (χ0n) is 19.4. The van der Waals surface area contributed by atoms with Crippen LogP contribution in [0.5, 0.6) is 5.75 Å². The second-order valence-corrected chi connectivity index (χ2v) is 8.09. The molecule has 0 aliphatic carbocycles. The van der Waals surface area contributed by atoms with Crippen molar-refractivity contribution in [2.75, 3.05) is 14.2 Å². The summed E-state index contributed by atoms with van der Waals surface area (Å²) in [5, 5.41) is 14.4. The number of likely N-dealkylation sites (N-methyl/N-ethyl adjacent to an activating group) is 1. The summed E-state index contributed by atoms with van der Waals surface area (Å²) in [6.45, 7) is 3.96. The number of aliphatic carboxylic acids is 1. The fourth-order valence-corrected chi connectivity index (χ4v) is 3.99. The summed E-state index contributed by atoms with van der Waals surface area (Å²) in [5.41, 5.74) is 4.39. The number of amides is 3. The number of nitrogens with one attached hydrogen (secondary N) is 2. The molecule has 0 fully saturated rings. The first kappa shape index (κ1) is 24.5. The maximum Gasteiger partial charge on any atom is 0.316 e. The molecule has 2 atom stereocenters. The van der Waals surface area contributed by atoms with Gasteiger partial charge in [0.25, 0.3) is 5.91 Å². The summed E-state index contributed by atoms with van der Waals surface area (Å²) in [6.07, 6.45) is 2.07. The molecule has 1 aliphatic heterocycles. The van der Waals surface area contributed by atoms with Gasteiger partial charge in [0, 0.05) is 24.9 Å². The summed E-state index contributed by atoms with van der Waals surface area (Å²) in [4.78, 5) is 49.9. The molecule has 2 aromatic rings. The van der Waals surface area contributed by atoms with Crippen LogP contribution in [0.2, 0.25) is 0 Å². The Labute approximate surface area is 197 Å². The van der Waals surface area contributed by atoms with E-state index in [1.165, 1.54) is 31.3 Å². The molecule has 9 nitrogen and oxygen atoms in total. The minimum atomic E-state index is -1.39. The molecule has 0 spiro atoms. The highest BCUT2D eigenvalue weighted by molar-refractivity contribution is 6.14. The maximum atomic E-state index is 12.7. The van der Waals surface area contributed by atoms with E-state index in [4.69, 9.17) is 4.74 Å². The van der Waals surface area contributed by atoms with Crippen LogP contribution in [0.3, 0.4) is 0 Å². The Hall–Kier alpha value is -4.14. The van der Waals surface area contributed by atoms with Gasteiger partial charge in [0.1, 0.15) is 5.75 Å². The van der Waals surface area contributed by atoms with Crippen LogP contribution in [0.4, 0.5) is 4.79 Å². The molecule has 1 unspecified atom stereocenters. The number of nitrogens with zero attached hydrogens (tertiary/aromatic N) is 1. The normalized spacial score (nSPS) is 16.2. The molecule has 1 heterocycles. The van der Waals surface area contributed by atoms with Gasteiger partial charge in [-0.1, -0.05) is 24.3 Å². The number of carbonyl (C=O) groups excluding carboxylic acids is 3. The fourth-order valence-electron chi connectivity index (χ4n) is 3.99. The standard InChI is InChI=1S/C25H27N3O6/c1-14-6-5-7-15(2)22(14)16-8-9-20(34-4)17(12-16)18(13-21(30)31)26-25(33)27-23-19(29)10-11-28(3)24(23)32/h5-12,18,23H,13H2,1-4H3,(H,30,31)(H2,26,27,33)/t18-,23?/m0/s1. The Morgan fingerprint density at radius 1 is 1.15 bits per heavy atom. The molecule has 1 aliphatic rings. The van der Waals surface area contributed by atoms with Crippen LogP contribution in [-0.4, -0.2) is 53.9 Å². The van der Waals surface area contributed by atoms with Gasteiger partial charge < -0.3 is 25.4 Å². The number of methoxy groups -OCH3 is 1. The number of carbonyl (C=O) groups is 4. The molecule has 34 heavy (non-hydrogen) atoms. The first-order valence-corrected chi connectivity index (χ1v) is 10.6. The van der Waals surface area contributed by atoms with E-state index in [2.05, 4.69) is 10.6 Å². The highest BCUT2D eigenvalue weighted by Gasteiger charge is 2.33. The van der Waals surface area contributed by atoms with Gasteiger partial charge in [0.15, 0.2) is 11.8 Å². The lowest BCUT2D eigenvalue weighted by Gasteiger charge is -2.26. The average molecular weight is 466 g/mol. The van der Waals surface area contributed by atoms with Crippen LogP contribution in [0.25, 0.3) is 11.1 Å². The number of aryl methyl sites for hydroxylation is 2. The van der Waals surface area contributed by atoms with Gasteiger partial charge in [-0.3, -0.25) is 14.4 Å². The topological polar surface area (TPSA) is 125 Å². The quantitative estimate of drug-likeness (QED) is 0.540. The van der Waals surface area contributed by atoms with Gasteiger partial charge in [-0.2, -0.15) is 0 Å². The van der Waals surface area contributed by atoms with E-state index >= 15 is 0 Å². The van der Waals surface area contributed by atoms with Crippen molar-refractivity contribution in [2.24, 2.45) is 0 Å². The first-order valence-electron chi connectivity index (χ1n) is 10.6. The first-order chi connectivity index (χ1) is 16.1. The van der Waals surface area contributed by atoms with Crippen molar-refractivity contribution in [1.82, 2.24) is 15.5 Å². The molecule has 3 N–H and O–H groups in total. The van der Waals surface area contributed by atoms with E-state index in [0.29, 0.717) is 11.3 Å². The predicted octanol–water partition coefficient (Wildman–Crippen LogP) is 2.72. The second kappa shape index (κ2) is 10.2. The molecule has 0 radical (unpaired) electrons. The van der Waals surface area contributed by atoms with Crippen LogP contribution in [0.1, 0.15) is 29.2 Å². The van der Waals surface area contributed by atoms with Crippen LogP contribution in [0, 0.1) is 13.8 Å². The number of benzene rings is 2. The Morgan fingerprint density at radius 3 is 2.44 bits per heavy atom. The van der Waals surface area contributed by atoms with Crippen molar-refractivity contribution in [3.05, 3.63) is 65.4 Å². The Morgan fingerprint density at radius 2 is 1.82 bits per heavy atom. The van der Waals surface area contributed by atoms with Crippen LogP contribution in [0.15, 0.2) is 48.7 Å². The van der Waals surface area contributed by atoms with Crippen LogP contribution in [-0.2, 0) is 14.4 Å². The number of ether oxygens (including phenoxy) is 1. The van der Waals surface area contributed by atoms with E-state index in [1.807, 2.05) is 38.1 Å². The number of urea groups is 1. The molecule has 2 aromatic carbocycles. The third-order valence-corrected chi connectivity index (χ3v) is 5.68. The lowest BCUT2D eigenvalue weighted by atomic mass is 9.92. The SMILES string of the molecule is COc1ccc(-c2c(C)cccc2C)cc1[C@H](CC(=O)O)NC(=O)NC1C(=O)C=CN(C)C1=O. The Bertz CT molecular complexity index is 1150. The second-order valence-electron chi connectivity index (χ2n) is 8.09. The third kappa shape index (κ3) is 5.25. The van der Waals surface area contributed by atoms with Gasteiger partial charge in [0.05, 0.1) is 19.6 Å². The molecule has 178 valence electrons. The molecule has 0 aromatic heterocycles. The van der Waals surface area contributed by atoms with Crippen molar-refractivity contribution in [3.8, 4) is 16.9 Å². The maximum absolute atomic E-state index is 12.7. The predicted molar refractivity (Wildman–Crippen MR) is 125 cm³/mol. The van der Waals surface area contributed by atoms with Crippen LogP contribution < -0.4 is 15.4 Å². The van der Waals surface area contributed by atoms with Crippen molar-refractivity contribution in [3.63, 3.8) is 0 Å². The van der Waals surface area contributed by atoms with Gasteiger partial charge in [-0.25, -0.2) is 4.79 Å². The molecule has 3 amide bonds.